The van der Waals surface area contributed by atoms with E-state index in [-0.39, 0.29) is 16.2 Å². The van der Waals surface area contributed by atoms with Gasteiger partial charge in [0.25, 0.3) is 0 Å². The molecular formula is C11H18N2O3S2. The number of aryl methyl sites for hydroxylation is 1. The lowest BCUT2D eigenvalue weighted by Crippen LogP contribution is -2.31. The van der Waals surface area contributed by atoms with E-state index < -0.39 is 10.0 Å². The topological polar surface area (TPSA) is 85.3 Å². The van der Waals surface area contributed by atoms with Crippen molar-refractivity contribution >= 4 is 21.8 Å². The molecule has 0 amide bonds. The van der Waals surface area contributed by atoms with Gasteiger partial charge in [0.15, 0.2) is 0 Å². The quantitative estimate of drug-likeness (QED) is 0.823. The van der Waals surface area contributed by atoms with Gasteiger partial charge >= 0.3 is 0 Å². The third kappa shape index (κ3) is 2.74. The van der Waals surface area contributed by atoms with Crippen LogP contribution in [0.5, 0.6) is 0 Å². The minimum absolute atomic E-state index is 0.0986. The molecule has 0 bridgehead atoms. The van der Waals surface area contributed by atoms with Gasteiger partial charge in [0.2, 0.25) is 10.0 Å². The molecule has 1 aliphatic rings. The Labute approximate surface area is 112 Å². The Hall–Kier alpha value is -0.500. The van der Waals surface area contributed by atoms with Gasteiger partial charge in [-0.05, 0) is 26.0 Å². The summed E-state index contributed by atoms with van der Waals surface area (Å²) in [6.45, 7) is 2.30. The summed E-state index contributed by atoms with van der Waals surface area (Å²) in [5, 5.41) is 0. The maximum Gasteiger partial charge on any atom is 0.244 e. The summed E-state index contributed by atoms with van der Waals surface area (Å²) >= 11 is 1.72. The maximum atomic E-state index is 12.2. The molecule has 2 rings (SSSR count). The highest BCUT2D eigenvalue weighted by atomic mass is 32.2. The number of nitrogens with two attached hydrogens (primary N) is 1. The molecule has 1 aliphatic carbocycles. The molecule has 102 valence electrons. The molecule has 0 aromatic carbocycles. The van der Waals surface area contributed by atoms with Crippen LogP contribution < -0.4 is 10.5 Å². The van der Waals surface area contributed by atoms with Gasteiger partial charge in [-0.1, -0.05) is 0 Å². The van der Waals surface area contributed by atoms with E-state index in [1.807, 2.05) is 6.26 Å². The lowest BCUT2D eigenvalue weighted by atomic mass is 10.4. The van der Waals surface area contributed by atoms with Gasteiger partial charge in [0.1, 0.15) is 16.4 Å². The molecule has 18 heavy (non-hydrogen) atoms. The average molecular weight is 290 g/mol. The molecule has 1 fully saturated rings. The Balaban J connectivity index is 2.12. The maximum absolute atomic E-state index is 12.2. The zero-order valence-corrected chi connectivity index (χ0v) is 12.2. The van der Waals surface area contributed by atoms with E-state index >= 15 is 0 Å². The van der Waals surface area contributed by atoms with Gasteiger partial charge in [-0.3, -0.25) is 0 Å². The summed E-state index contributed by atoms with van der Waals surface area (Å²) in [5.41, 5.74) is 5.44. The van der Waals surface area contributed by atoms with E-state index in [1.165, 1.54) is 6.07 Å². The summed E-state index contributed by atoms with van der Waals surface area (Å²) in [6.07, 6.45) is 4.14. The molecule has 1 saturated carbocycles. The van der Waals surface area contributed by atoms with Crippen molar-refractivity contribution in [2.24, 2.45) is 5.73 Å². The van der Waals surface area contributed by atoms with Crippen LogP contribution in [0.25, 0.3) is 0 Å². The van der Waals surface area contributed by atoms with Crippen LogP contribution in [-0.2, 0) is 16.6 Å². The molecule has 0 radical (unpaired) electrons. The molecule has 0 spiro atoms. The number of furan rings is 1. The van der Waals surface area contributed by atoms with Gasteiger partial charge in [-0.15, -0.1) is 0 Å². The van der Waals surface area contributed by atoms with E-state index in [4.69, 9.17) is 10.2 Å². The molecule has 3 N–H and O–H groups in total. The molecule has 0 aliphatic heterocycles. The normalized spacial score (nSPS) is 17.9. The highest BCUT2D eigenvalue weighted by molar-refractivity contribution is 8.00. The number of rotatable bonds is 6. The number of nitrogens with one attached hydrogen (secondary N) is 1. The van der Waals surface area contributed by atoms with Crippen LogP contribution in [0.4, 0.5) is 0 Å². The first kappa shape index (κ1) is 13.9. The fourth-order valence-electron chi connectivity index (χ4n) is 1.79. The number of hydrogen-bond acceptors (Lipinski definition) is 5. The molecule has 1 aromatic rings. The first-order valence-electron chi connectivity index (χ1n) is 5.77. The second-order valence-corrected chi connectivity index (χ2v) is 7.56. The number of thioether (sulfide) groups is 1. The zero-order valence-electron chi connectivity index (χ0n) is 10.5. The van der Waals surface area contributed by atoms with Crippen molar-refractivity contribution in [2.45, 2.75) is 36.0 Å². The highest BCUT2D eigenvalue weighted by Gasteiger charge is 2.42. The van der Waals surface area contributed by atoms with Crippen LogP contribution in [0.1, 0.15) is 24.4 Å². The van der Waals surface area contributed by atoms with Crippen LogP contribution in [0.2, 0.25) is 0 Å². The molecule has 7 heteroatoms. The van der Waals surface area contributed by atoms with Crippen LogP contribution >= 0.6 is 11.8 Å². The summed E-state index contributed by atoms with van der Waals surface area (Å²) in [7, 11) is -3.50. The van der Waals surface area contributed by atoms with Crippen molar-refractivity contribution in [3.8, 4) is 0 Å². The average Bonchev–Trinajstić information content (AvgIpc) is 3.03. The Morgan fingerprint density at radius 3 is 2.67 bits per heavy atom. The van der Waals surface area contributed by atoms with Crippen LogP contribution in [0.3, 0.4) is 0 Å². The van der Waals surface area contributed by atoms with Crippen molar-refractivity contribution < 1.29 is 12.8 Å². The molecule has 0 saturated heterocycles. The smallest absolute Gasteiger partial charge is 0.244 e. The van der Waals surface area contributed by atoms with Crippen LogP contribution in [0.15, 0.2) is 15.4 Å². The summed E-state index contributed by atoms with van der Waals surface area (Å²) < 4.78 is 32.3. The molecule has 1 heterocycles. The lowest BCUT2D eigenvalue weighted by molar-refractivity contribution is 0.478. The largest absolute Gasteiger partial charge is 0.464 e. The first-order valence-corrected chi connectivity index (χ1v) is 8.47. The molecular weight excluding hydrogens is 272 g/mol. The van der Waals surface area contributed by atoms with E-state index in [0.29, 0.717) is 18.1 Å². The highest BCUT2D eigenvalue weighted by Crippen LogP contribution is 2.46. The molecule has 1 aromatic heterocycles. The Bertz CT molecular complexity index is 532. The second kappa shape index (κ2) is 4.88. The SMILES string of the molecule is CSC1(CNS(=O)(=O)c2cc(CN)oc2C)CC1. The summed E-state index contributed by atoms with van der Waals surface area (Å²) in [5.74, 6) is 0.871. The van der Waals surface area contributed by atoms with Gasteiger partial charge in [-0.25, -0.2) is 13.1 Å². The predicted octanol–water partition coefficient (Wildman–Crippen LogP) is 1.22. The third-order valence-corrected chi connectivity index (χ3v) is 6.17. The fourth-order valence-corrected chi connectivity index (χ4v) is 3.94. The summed E-state index contributed by atoms with van der Waals surface area (Å²) in [6, 6.07) is 1.50. The molecule has 5 nitrogen and oxygen atoms in total. The monoisotopic (exact) mass is 290 g/mol. The first-order chi connectivity index (χ1) is 8.42. The van der Waals surface area contributed by atoms with Crippen molar-refractivity contribution in [3.05, 3.63) is 17.6 Å². The van der Waals surface area contributed by atoms with Crippen molar-refractivity contribution in [1.82, 2.24) is 4.72 Å². The predicted molar refractivity (Wildman–Crippen MR) is 72.0 cm³/mol. The van der Waals surface area contributed by atoms with Crippen molar-refractivity contribution in [3.63, 3.8) is 0 Å². The fraction of sp³-hybridized carbons (Fsp3) is 0.636. The van der Waals surface area contributed by atoms with Crippen molar-refractivity contribution in [1.29, 1.82) is 0 Å². The Morgan fingerprint density at radius 1 is 1.56 bits per heavy atom. The van der Waals surface area contributed by atoms with Gasteiger partial charge < -0.3 is 10.2 Å². The van der Waals surface area contributed by atoms with Gasteiger partial charge in [0, 0.05) is 17.4 Å². The van der Waals surface area contributed by atoms with Gasteiger partial charge in [-0.2, -0.15) is 11.8 Å². The zero-order chi connectivity index (χ0) is 13.4. The number of sulfonamides is 1. The molecule has 0 unspecified atom stereocenters. The van der Waals surface area contributed by atoms with Gasteiger partial charge in [0.05, 0.1) is 6.54 Å². The lowest BCUT2D eigenvalue weighted by Gasteiger charge is -2.12. The standard InChI is InChI=1S/C11H18N2O3S2/c1-8-10(5-9(6-12)16-8)18(14,15)13-7-11(17-2)3-4-11/h5,13H,3-4,6-7,12H2,1-2H3. The Morgan fingerprint density at radius 2 is 2.22 bits per heavy atom. The minimum atomic E-state index is -3.50. The Kier molecular flexibility index (Phi) is 3.77. The second-order valence-electron chi connectivity index (χ2n) is 4.55. The van der Waals surface area contributed by atoms with E-state index in [9.17, 15) is 8.42 Å². The third-order valence-electron chi connectivity index (χ3n) is 3.24. The minimum Gasteiger partial charge on any atom is -0.464 e. The van der Waals surface area contributed by atoms with Crippen LogP contribution in [-0.4, -0.2) is 26.0 Å². The van der Waals surface area contributed by atoms with E-state index in [2.05, 4.69) is 4.72 Å². The van der Waals surface area contributed by atoms with E-state index in [1.54, 1.807) is 18.7 Å². The van der Waals surface area contributed by atoms with Crippen LogP contribution in [0, 0.1) is 6.92 Å². The van der Waals surface area contributed by atoms with Crippen molar-refractivity contribution in [2.75, 3.05) is 12.8 Å². The number of hydrogen-bond donors (Lipinski definition) is 2. The summed E-state index contributed by atoms with van der Waals surface area (Å²) in [4.78, 5) is 0.194. The molecule has 0 atom stereocenters. The van der Waals surface area contributed by atoms with E-state index in [0.717, 1.165) is 12.8 Å².